The predicted octanol–water partition coefficient (Wildman–Crippen LogP) is 2.32. The smallest absolute Gasteiger partial charge is 0.142 e. The molecule has 0 N–H and O–H groups in total. The van der Waals surface area contributed by atoms with E-state index in [-0.39, 0.29) is 5.25 Å². The maximum absolute atomic E-state index is 11.4. The van der Waals surface area contributed by atoms with Crippen LogP contribution in [0.4, 0.5) is 0 Å². The Kier molecular flexibility index (Phi) is 3.44. The van der Waals surface area contributed by atoms with Gasteiger partial charge in [0.2, 0.25) is 0 Å². The van der Waals surface area contributed by atoms with E-state index in [1.165, 1.54) is 6.42 Å². The third kappa shape index (κ3) is 2.16. The summed E-state index contributed by atoms with van der Waals surface area (Å²) in [6.45, 7) is 6.19. The van der Waals surface area contributed by atoms with Crippen LogP contribution >= 0.6 is 0 Å². The van der Waals surface area contributed by atoms with E-state index in [1.807, 2.05) is 13.8 Å². The van der Waals surface area contributed by atoms with Crippen molar-refractivity contribution in [3.63, 3.8) is 0 Å². The minimum absolute atomic E-state index is 0.213. The summed E-state index contributed by atoms with van der Waals surface area (Å²) >= 11 is 0. The fourth-order valence-corrected chi connectivity index (χ4v) is 2.01. The van der Waals surface area contributed by atoms with Crippen LogP contribution in [0.1, 0.15) is 40.0 Å². The van der Waals surface area contributed by atoms with Crippen LogP contribution in [-0.4, -0.2) is 15.2 Å². The van der Waals surface area contributed by atoms with Gasteiger partial charge >= 0.3 is 0 Å². The highest BCUT2D eigenvalue weighted by Crippen LogP contribution is 2.24. The Morgan fingerprint density at radius 3 is 2.75 bits per heavy atom. The molecule has 1 saturated carbocycles. The second-order valence-electron chi connectivity index (χ2n) is 3.52. The number of hydrogen-bond acceptors (Lipinski definition) is 1. The molecule has 0 radical (unpaired) electrons. The number of nitrogens with zero attached hydrogens (tertiary/aromatic N) is 1. The molecule has 12 heavy (non-hydrogen) atoms. The molecule has 0 aliphatic heterocycles. The maximum Gasteiger partial charge on any atom is 0.142 e. The minimum Gasteiger partial charge on any atom is -0.235 e. The zero-order valence-electron chi connectivity index (χ0n) is 8.04. The van der Waals surface area contributed by atoms with E-state index in [0.717, 1.165) is 18.6 Å². The van der Waals surface area contributed by atoms with E-state index in [0.29, 0.717) is 5.92 Å². The third-order valence-corrected chi connectivity index (χ3v) is 3.96. The van der Waals surface area contributed by atoms with Crippen molar-refractivity contribution < 1.29 is 4.21 Å². The average Bonchev–Trinajstić information content (AvgIpc) is 2.09. The summed E-state index contributed by atoms with van der Waals surface area (Å²) < 4.78 is 15.7. The van der Waals surface area contributed by atoms with Gasteiger partial charge in [0.05, 0.1) is 5.25 Å². The molecule has 70 valence electrons. The van der Waals surface area contributed by atoms with Crippen LogP contribution in [0, 0.1) is 5.92 Å². The summed E-state index contributed by atoms with van der Waals surface area (Å²) in [5.41, 5.74) is 1.16. The molecule has 0 spiro atoms. The fourth-order valence-electron chi connectivity index (χ4n) is 1.05. The first-order valence-electron chi connectivity index (χ1n) is 4.63. The van der Waals surface area contributed by atoms with Gasteiger partial charge in [0, 0.05) is 5.71 Å². The lowest BCUT2D eigenvalue weighted by Gasteiger charge is -2.24. The SMILES string of the molecule is CCC(C)S(=O)N=C1CCC1C. The second kappa shape index (κ2) is 4.17. The molecule has 1 rings (SSSR count). The van der Waals surface area contributed by atoms with Gasteiger partial charge in [0.15, 0.2) is 0 Å². The van der Waals surface area contributed by atoms with Gasteiger partial charge in [-0.1, -0.05) is 13.8 Å². The van der Waals surface area contributed by atoms with Crippen molar-refractivity contribution in [3.8, 4) is 0 Å². The fraction of sp³-hybridized carbons (Fsp3) is 0.889. The van der Waals surface area contributed by atoms with Crippen LogP contribution in [0.15, 0.2) is 4.40 Å². The largest absolute Gasteiger partial charge is 0.235 e. The van der Waals surface area contributed by atoms with Crippen LogP contribution in [0.3, 0.4) is 0 Å². The van der Waals surface area contributed by atoms with Crippen molar-refractivity contribution in [3.05, 3.63) is 0 Å². The Morgan fingerprint density at radius 2 is 2.42 bits per heavy atom. The summed E-state index contributed by atoms with van der Waals surface area (Å²) in [5, 5.41) is 0.213. The third-order valence-electron chi connectivity index (χ3n) is 2.53. The molecule has 0 saturated heterocycles. The average molecular weight is 187 g/mol. The Hall–Kier alpha value is -0.180. The molecular formula is C9H17NOS. The number of hydrogen-bond donors (Lipinski definition) is 0. The van der Waals surface area contributed by atoms with Crippen LogP contribution in [0.5, 0.6) is 0 Å². The van der Waals surface area contributed by atoms with E-state index >= 15 is 0 Å². The lowest BCUT2D eigenvalue weighted by molar-refractivity contribution is 0.605. The molecule has 0 aromatic carbocycles. The lowest BCUT2D eigenvalue weighted by Crippen LogP contribution is -2.24. The van der Waals surface area contributed by atoms with Crippen LogP contribution in [0.2, 0.25) is 0 Å². The van der Waals surface area contributed by atoms with Gasteiger partial charge in [-0.05, 0) is 32.1 Å². The Morgan fingerprint density at radius 1 is 1.75 bits per heavy atom. The van der Waals surface area contributed by atoms with E-state index in [9.17, 15) is 4.21 Å². The van der Waals surface area contributed by atoms with Gasteiger partial charge in [0.25, 0.3) is 0 Å². The zero-order chi connectivity index (χ0) is 9.14. The van der Waals surface area contributed by atoms with E-state index in [4.69, 9.17) is 0 Å². The van der Waals surface area contributed by atoms with Gasteiger partial charge in [0.1, 0.15) is 11.0 Å². The molecule has 2 nitrogen and oxygen atoms in total. The van der Waals surface area contributed by atoms with Crippen molar-refractivity contribution in [2.75, 3.05) is 0 Å². The van der Waals surface area contributed by atoms with E-state index in [2.05, 4.69) is 11.3 Å². The van der Waals surface area contributed by atoms with Crippen molar-refractivity contribution in [2.45, 2.75) is 45.3 Å². The van der Waals surface area contributed by atoms with Crippen LogP contribution in [-0.2, 0) is 11.0 Å². The van der Waals surface area contributed by atoms with E-state index in [1.54, 1.807) is 0 Å². The molecule has 1 aliphatic rings. The molecule has 0 heterocycles. The quantitative estimate of drug-likeness (QED) is 0.666. The monoisotopic (exact) mass is 187 g/mol. The van der Waals surface area contributed by atoms with Gasteiger partial charge in [-0.2, -0.15) is 4.40 Å². The highest BCUT2D eigenvalue weighted by Gasteiger charge is 2.22. The van der Waals surface area contributed by atoms with Crippen LogP contribution in [0.25, 0.3) is 0 Å². The summed E-state index contributed by atoms with van der Waals surface area (Å²) in [6, 6.07) is 0. The molecule has 0 bridgehead atoms. The van der Waals surface area contributed by atoms with Crippen molar-refractivity contribution in [1.29, 1.82) is 0 Å². The Balaban J connectivity index is 2.49. The number of rotatable bonds is 3. The molecule has 0 aromatic heterocycles. The minimum atomic E-state index is -0.976. The maximum atomic E-state index is 11.4. The normalized spacial score (nSPS) is 31.2. The molecular weight excluding hydrogens is 170 g/mol. The van der Waals surface area contributed by atoms with Crippen molar-refractivity contribution in [2.24, 2.45) is 10.3 Å². The predicted molar refractivity (Wildman–Crippen MR) is 53.7 cm³/mol. The molecule has 0 amide bonds. The lowest BCUT2D eigenvalue weighted by atomic mass is 9.85. The highest BCUT2D eigenvalue weighted by molar-refractivity contribution is 7.84. The summed E-state index contributed by atoms with van der Waals surface area (Å²) in [7, 11) is -0.976. The van der Waals surface area contributed by atoms with Gasteiger partial charge in [-0.3, -0.25) is 0 Å². The first kappa shape index (κ1) is 9.90. The molecule has 1 fully saturated rings. The topological polar surface area (TPSA) is 29.4 Å². The first-order chi connectivity index (χ1) is 5.65. The molecule has 0 aromatic rings. The highest BCUT2D eigenvalue weighted by atomic mass is 32.2. The van der Waals surface area contributed by atoms with E-state index < -0.39 is 11.0 Å². The Labute approximate surface area is 77.1 Å². The Bertz CT molecular complexity index is 213. The van der Waals surface area contributed by atoms with Crippen molar-refractivity contribution in [1.82, 2.24) is 0 Å². The molecule has 3 atom stereocenters. The van der Waals surface area contributed by atoms with Gasteiger partial charge < -0.3 is 0 Å². The van der Waals surface area contributed by atoms with Crippen molar-refractivity contribution >= 4 is 16.7 Å². The summed E-state index contributed by atoms with van der Waals surface area (Å²) in [5.74, 6) is 0.581. The molecule has 1 aliphatic carbocycles. The zero-order valence-corrected chi connectivity index (χ0v) is 8.86. The molecule has 3 heteroatoms. The summed E-state index contributed by atoms with van der Waals surface area (Å²) in [6.07, 6.45) is 3.22. The summed E-state index contributed by atoms with van der Waals surface area (Å²) in [4.78, 5) is 0. The molecule has 3 unspecified atom stereocenters. The first-order valence-corrected chi connectivity index (χ1v) is 5.80. The van der Waals surface area contributed by atoms with Crippen LogP contribution < -0.4 is 0 Å². The van der Waals surface area contributed by atoms with Gasteiger partial charge in [-0.25, -0.2) is 4.21 Å². The van der Waals surface area contributed by atoms with Gasteiger partial charge in [-0.15, -0.1) is 0 Å². The second-order valence-corrected chi connectivity index (χ2v) is 5.06. The standard InChI is InChI=1S/C9H17NOS/c1-4-8(3)12(11)10-9-6-5-7(9)2/h7-8H,4-6H2,1-3H3.